The van der Waals surface area contributed by atoms with Gasteiger partial charge >= 0.3 is 0 Å². The van der Waals surface area contributed by atoms with Gasteiger partial charge in [-0.15, -0.1) is 0 Å². The predicted molar refractivity (Wildman–Crippen MR) is 67.1 cm³/mol. The molecule has 0 radical (unpaired) electrons. The minimum Gasteiger partial charge on any atom is -0.348 e. The van der Waals surface area contributed by atoms with Gasteiger partial charge < -0.3 is 4.74 Å². The van der Waals surface area contributed by atoms with Crippen LogP contribution < -0.4 is 0 Å². The highest BCUT2D eigenvalue weighted by Gasteiger charge is 2.71. The fourth-order valence-electron chi connectivity index (χ4n) is 3.49. The van der Waals surface area contributed by atoms with Crippen LogP contribution in [0.3, 0.4) is 0 Å². The van der Waals surface area contributed by atoms with Crippen molar-refractivity contribution >= 4 is 11.6 Å². The molecular weight excluding hydrogens is 228 g/mol. The maximum Gasteiger partial charge on any atom is 0.194 e. The van der Waals surface area contributed by atoms with Gasteiger partial charge in [0.1, 0.15) is 0 Å². The molecule has 2 unspecified atom stereocenters. The van der Waals surface area contributed by atoms with Crippen LogP contribution in [0.4, 0.5) is 0 Å². The summed E-state index contributed by atoms with van der Waals surface area (Å²) in [6, 6.07) is 0. The second-order valence-electron chi connectivity index (χ2n) is 5.33. The van der Waals surface area contributed by atoms with Crippen molar-refractivity contribution in [2.24, 2.45) is 5.92 Å². The van der Waals surface area contributed by atoms with Gasteiger partial charge in [-0.05, 0) is 31.6 Å². The first-order chi connectivity index (χ1) is 8.66. The van der Waals surface area contributed by atoms with Crippen molar-refractivity contribution in [1.82, 2.24) is 0 Å². The third kappa shape index (κ3) is 1.28. The lowest BCUT2D eigenvalue weighted by molar-refractivity contribution is -0.124. The molecule has 2 aliphatic carbocycles. The number of allylic oxidation sites excluding steroid dienone is 2. The average Bonchev–Trinajstić information content (AvgIpc) is 3.15. The molecule has 0 saturated carbocycles. The molecule has 1 fully saturated rings. The van der Waals surface area contributed by atoms with Crippen LogP contribution in [0.25, 0.3) is 0 Å². The van der Waals surface area contributed by atoms with Crippen molar-refractivity contribution in [3.05, 3.63) is 23.3 Å². The number of hydrogen-bond donors (Lipinski definition) is 0. The van der Waals surface area contributed by atoms with Crippen molar-refractivity contribution < 1.29 is 14.3 Å². The molecular formula is C15H18O3. The van der Waals surface area contributed by atoms with Crippen LogP contribution in [-0.2, 0) is 14.3 Å². The van der Waals surface area contributed by atoms with Crippen LogP contribution in [0.5, 0.6) is 0 Å². The largest absolute Gasteiger partial charge is 0.348 e. The van der Waals surface area contributed by atoms with Crippen LogP contribution in [0.15, 0.2) is 23.3 Å². The molecule has 3 heteroatoms. The van der Waals surface area contributed by atoms with E-state index in [9.17, 15) is 9.59 Å². The lowest BCUT2D eigenvalue weighted by atomic mass is 9.71. The van der Waals surface area contributed by atoms with E-state index in [0.29, 0.717) is 24.0 Å². The first-order valence-corrected chi connectivity index (χ1v) is 6.80. The molecule has 0 amide bonds. The maximum atomic E-state index is 12.7. The highest BCUT2D eigenvalue weighted by Crippen LogP contribution is 2.53. The van der Waals surface area contributed by atoms with Crippen molar-refractivity contribution in [3.8, 4) is 0 Å². The Hall–Kier alpha value is -1.22. The molecule has 1 saturated heterocycles. The number of ether oxygens (including phenoxy) is 1. The van der Waals surface area contributed by atoms with Crippen LogP contribution in [0.2, 0.25) is 0 Å². The molecule has 0 aromatic heterocycles. The SMILES string of the molecule is CCC(CC)C12OC1C(=O)C1=C(CC=CC1)C2=O. The van der Waals surface area contributed by atoms with E-state index in [1.54, 1.807) is 0 Å². The van der Waals surface area contributed by atoms with Gasteiger partial charge in [0, 0.05) is 11.1 Å². The summed E-state index contributed by atoms with van der Waals surface area (Å²) < 4.78 is 5.66. The summed E-state index contributed by atoms with van der Waals surface area (Å²) in [6.07, 6.45) is 6.41. The van der Waals surface area contributed by atoms with Gasteiger partial charge in [0.15, 0.2) is 23.3 Å². The van der Waals surface area contributed by atoms with E-state index < -0.39 is 11.7 Å². The number of fused-ring (bicyclic) bond motifs is 1. The smallest absolute Gasteiger partial charge is 0.194 e. The number of epoxide rings is 1. The number of carbonyl (C=O) groups excluding carboxylic acids is 2. The van der Waals surface area contributed by atoms with Crippen molar-refractivity contribution in [2.45, 2.75) is 51.2 Å². The first kappa shape index (κ1) is 11.8. The minimum absolute atomic E-state index is 0.0563. The summed E-state index contributed by atoms with van der Waals surface area (Å²) in [4.78, 5) is 25.0. The van der Waals surface area contributed by atoms with E-state index in [4.69, 9.17) is 4.74 Å². The Morgan fingerprint density at radius 3 is 2.44 bits per heavy atom. The van der Waals surface area contributed by atoms with E-state index in [-0.39, 0.29) is 17.5 Å². The van der Waals surface area contributed by atoms with Crippen LogP contribution in [0, 0.1) is 5.92 Å². The maximum absolute atomic E-state index is 12.7. The first-order valence-electron chi connectivity index (χ1n) is 6.80. The molecule has 1 aliphatic heterocycles. The lowest BCUT2D eigenvalue weighted by Crippen LogP contribution is -2.43. The van der Waals surface area contributed by atoms with Gasteiger partial charge in [-0.25, -0.2) is 0 Å². The highest BCUT2D eigenvalue weighted by atomic mass is 16.6. The van der Waals surface area contributed by atoms with Gasteiger partial charge in [-0.2, -0.15) is 0 Å². The zero-order valence-corrected chi connectivity index (χ0v) is 10.9. The minimum atomic E-state index is -0.801. The average molecular weight is 246 g/mol. The predicted octanol–water partition coefficient (Wildman–Crippen LogP) is 2.36. The molecule has 96 valence electrons. The topological polar surface area (TPSA) is 46.7 Å². The molecule has 18 heavy (non-hydrogen) atoms. The molecule has 0 spiro atoms. The molecule has 3 aliphatic rings. The number of rotatable bonds is 3. The summed E-state index contributed by atoms with van der Waals surface area (Å²) in [6.45, 7) is 4.12. The molecule has 3 nitrogen and oxygen atoms in total. The second kappa shape index (κ2) is 3.89. The van der Waals surface area contributed by atoms with E-state index in [1.165, 1.54) is 0 Å². The highest BCUT2D eigenvalue weighted by molar-refractivity contribution is 6.21. The molecule has 0 aromatic carbocycles. The number of carbonyl (C=O) groups is 2. The van der Waals surface area contributed by atoms with Gasteiger partial charge in [0.2, 0.25) is 0 Å². The molecule has 1 heterocycles. The molecule has 0 bridgehead atoms. The van der Waals surface area contributed by atoms with Crippen LogP contribution >= 0.6 is 0 Å². The normalized spacial score (nSPS) is 33.8. The Morgan fingerprint density at radius 1 is 1.22 bits per heavy atom. The van der Waals surface area contributed by atoms with E-state index in [0.717, 1.165) is 12.8 Å². The zero-order valence-electron chi connectivity index (χ0n) is 10.9. The Labute approximate surface area is 107 Å². The lowest BCUT2D eigenvalue weighted by Gasteiger charge is -2.27. The molecule has 2 atom stereocenters. The number of Topliss-reactive ketones (excluding diaryl/α,β-unsaturated/α-hetero) is 2. The summed E-state index contributed by atoms with van der Waals surface area (Å²) in [5, 5.41) is 0. The van der Waals surface area contributed by atoms with E-state index >= 15 is 0 Å². The summed E-state index contributed by atoms with van der Waals surface area (Å²) >= 11 is 0. The Balaban J connectivity index is 2.02. The second-order valence-corrected chi connectivity index (χ2v) is 5.33. The number of hydrogen-bond acceptors (Lipinski definition) is 3. The summed E-state index contributed by atoms with van der Waals surface area (Å²) in [7, 11) is 0. The van der Waals surface area contributed by atoms with Gasteiger partial charge in [0.25, 0.3) is 0 Å². The van der Waals surface area contributed by atoms with Crippen molar-refractivity contribution in [3.63, 3.8) is 0 Å². The van der Waals surface area contributed by atoms with Crippen molar-refractivity contribution in [1.29, 1.82) is 0 Å². The summed E-state index contributed by atoms with van der Waals surface area (Å²) in [5.74, 6) is 0.305. The van der Waals surface area contributed by atoms with Gasteiger partial charge in [0.05, 0.1) is 0 Å². The van der Waals surface area contributed by atoms with E-state index in [2.05, 4.69) is 13.8 Å². The van der Waals surface area contributed by atoms with Gasteiger partial charge in [-0.1, -0.05) is 26.0 Å². The quantitative estimate of drug-likeness (QED) is 0.567. The standard InChI is InChI=1S/C15H18O3/c1-3-9(4-2)15-13(17)11-8-6-5-7-10(11)12(16)14(15)18-15/h5-6,9,14H,3-4,7-8H2,1-2H3. The Morgan fingerprint density at radius 2 is 1.83 bits per heavy atom. The Bertz CT molecular complexity index is 482. The van der Waals surface area contributed by atoms with Gasteiger partial charge in [-0.3, -0.25) is 9.59 Å². The van der Waals surface area contributed by atoms with E-state index in [1.807, 2.05) is 12.2 Å². The monoisotopic (exact) mass is 246 g/mol. The molecule has 0 N–H and O–H groups in total. The fraction of sp³-hybridized carbons (Fsp3) is 0.600. The van der Waals surface area contributed by atoms with Crippen LogP contribution in [-0.4, -0.2) is 23.3 Å². The molecule has 3 rings (SSSR count). The van der Waals surface area contributed by atoms with Crippen molar-refractivity contribution in [2.75, 3.05) is 0 Å². The zero-order chi connectivity index (χ0) is 12.9. The third-order valence-corrected chi connectivity index (χ3v) is 4.58. The number of ketones is 2. The third-order valence-electron chi connectivity index (χ3n) is 4.58. The summed E-state index contributed by atoms with van der Waals surface area (Å²) in [5.41, 5.74) is 0.611. The van der Waals surface area contributed by atoms with Crippen LogP contribution in [0.1, 0.15) is 39.5 Å². The fourth-order valence-corrected chi connectivity index (χ4v) is 3.49. The molecule has 0 aromatic rings. The Kier molecular flexibility index (Phi) is 2.56.